The van der Waals surface area contributed by atoms with Crippen molar-refractivity contribution < 1.29 is 9.21 Å². The molecule has 0 aliphatic rings. The van der Waals surface area contributed by atoms with E-state index in [1.165, 1.54) is 0 Å². The van der Waals surface area contributed by atoms with Gasteiger partial charge in [-0.25, -0.2) is 0 Å². The first-order valence-corrected chi connectivity index (χ1v) is 4.85. The zero-order chi connectivity index (χ0) is 10.8. The third kappa shape index (κ3) is 1.84. The summed E-state index contributed by atoms with van der Waals surface area (Å²) >= 11 is 0. The van der Waals surface area contributed by atoms with Gasteiger partial charge in [0.15, 0.2) is 5.76 Å². The van der Waals surface area contributed by atoms with Gasteiger partial charge in [0, 0.05) is 5.56 Å². The van der Waals surface area contributed by atoms with E-state index in [1.54, 1.807) is 12.1 Å². The molecule has 1 aromatic heterocycles. The molecule has 2 heteroatoms. The van der Waals surface area contributed by atoms with Crippen molar-refractivity contribution in [3.63, 3.8) is 0 Å². The molecular weight excluding hydrogens is 188 g/mol. The Hall–Kier alpha value is -1.83. The molecular formula is C13H12O2. The number of carbonyl (C=O) groups is 1. The van der Waals surface area contributed by atoms with Crippen molar-refractivity contribution in [1.29, 1.82) is 0 Å². The molecule has 0 N–H and O–H groups in total. The normalized spacial score (nSPS) is 10.3. The van der Waals surface area contributed by atoms with Crippen LogP contribution < -0.4 is 0 Å². The van der Waals surface area contributed by atoms with Crippen molar-refractivity contribution >= 4 is 5.78 Å². The van der Waals surface area contributed by atoms with E-state index in [2.05, 4.69) is 0 Å². The van der Waals surface area contributed by atoms with Crippen LogP contribution in [0.2, 0.25) is 0 Å². The number of rotatable bonds is 2. The summed E-state index contributed by atoms with van der Waals surface area (Å²) in [5.74, 6) is 1.11. The Morgan fingerprint density at radius 2 is 1.80 bits per heavy atom. The molecule has 0 atom stereocenters. The predicted octanol–water partition coefficient (Wildman–Crippen LogP) is 3.13. The zero-order valence-electron chi connectivity index (χ0n) is 8.78. The highest BCUT2D eigenvalue weighted by molar-refractivity contribution is 6.08. The van der Waals surface area contributed by atoms with Gasteiger partial charge in [0.1, 0.15) is 5.76 Å². The van der Waals surface area contributed by atoms with Gasteiger partial charge >= 0.3 is 0 Å². The quantitative estimate of drug-likeness (QED) is 0.697. The molecule has 2 rings (SSSR count). The van der Waals surface area contributed by atoms with Crippen LogP contribution in [0, 0.1) is 13.8 Å². The minimum Gasteiger partial charge on any atom is -0.458 e. The molecule has 1 aromatic carbocycles. The summed E-state index contributed by atoms with van der Waals surface area (Å²) in [5, 5.41) is 0. The van der Waals surface area contributed by atoms with Crippen molar-refractivity contribution in [2.45, 2.75) is 13.8 Å². The lowest BCUT2D eigenvalue weighted by Crippen LogP contribution is -2.01. The Bertz CT molecular complexity index is 495. The molecule has 15 heavy (non-hydrogen) atoms. The van der Waals surface area contributed by atoms with Crippen molar-refractivity contribution in [3.05, 3.63) is 59.0 Å². The minimum absolute atomic E-state index is 0.0544. The van der Waals surface area contributed by atoms with Crippen molar-refractivity contribution in [3.8, 4) is 0 Å². The summed E-state index contributed by atoms with van der Waals surface area (Å²) in [6.07, 6.45) is 0. The van der Waals surface area contributed by atoms with Gasteiger partial charge in [0.25, 0.3) is 0 Å². The van der Waals surface area contributed by atoms with Crippen LogP contribution in [0.3, 0.4) is 0 Å². The predicted molar refractivity (Wildman–Crippen MR) is 58.1 cm³/mol. The maximum absolute atomic E-state index is 12.0. The van der Waals surface area contributed by atoms with Gasteiger partial charge in [-0.05, 0) is 31.5 Å². The number of benzene rings is 1. The maximum Gasteiger partial charge on any atom is 0.228 e. The summed E-state index contributed by atoms with van der Waals surface area (Å²) in [7, 11) is 0. The third-order valence-electron chi connectivity index (χ3n) is 2.35. The van der Waals surface area contributed by atoms with Gasteiger partial charge in [-0.3, -0.25) is 4.79 Å². The van der Waals surface area contributed by atoms with Crippen LogP contribution in [-0.2, 0) is 0 Å². The molecule has 0 aliphatic heterocycles. The fourth-order valence-electron chi connectivity index (χ4n) is 1.52. The number of hydrogen-bond donors (Lipinski definition) is 0. The second-order valence-electron chi connectivity index (χ2n) is 3.55. The molecule has 1 heterocycles. The van der Waals surface area contributed by atoms with Crippen LogP contribution in [-0.4, -0.2) is 5.78 Å². The Morgan fingerprint density at radius 3 is 2.40 bits per heavy atom. The van der Waals surface area contributed by atoms with Crippen molar-refractivity contribution in [2.75, 3.05) is 0 Å². The van der Waals surface area contributed by atoms with Crippen molar-refractivity contribution in [2.24, 2.45) is 0 Å². The van der Waals surface area contributed by atoms with Gasteiger partial charge in [-0.2, -0.15) is 0 Å². The topological polar surface area (TPSA) is 30.2 Å². The Labute approximate surface area is 88.5 Å². The summed E-state index contributed by atoms with van der Waals surface area (Å²) in [5.41, 5.74) is 1.67. The Balaban J connectivity index is 2.41. The molecule has 0 saturated carbocycles. The maximum atomic E-state index is 12.0. The van der Waals surface area contributed by atoms with Crippen LogP contribution in [0.25, 0.3) is 0 Å². The van der Waals surface area contributed by atoms with Crippen LogP contribution in [0.5, 0.6) is 0 Å². The van der Waals surface area contributed by atoms with E-state index >= 15 is 0 Å². The molecule has 0 amide bonds. The number of ketones is 1. The monoisotopic (exact) mass is 200 g/mol. The summed E-state index contributed by atoms with van der Waals surface area (Å²) in [6.45, 7) is 3.75. The fourth-order valence-corrected chi connectivity index (χ4v) is 1.52. The van der Waals surface area contributed by atoms with E-state index in [9.17, 15) is 4.79 Å². The third-order valence-corrected chi connectivity index (χ3v) is 2.35. The second kappa shape index (κ2) is 3.73. The molecule has 0 unspecified atom stereocenters. The molecule has 76 valence electrons. The Kier molecular flexibility index (Phi) is 2.42. The summed E-state index contributed by atoms with van der Waals surface area (Å²) in [4.78, 5) is 12.0. The van der Waals surface area contributed by atoms with Crippen molar-refractivity contribution in [1.82, 2.24) is 0 Å². The summed E-state index contributed by atoms with van der Waals surface area (Å²) in [6, 6.07) is 11.0. The van der Waals surface area contributed by atoms with E-state index in [0.717, 1.165) is 11.3 Å². The second-order valence-corrected chi connectivity index (χ2v) is 3.55. The highest BCUT2D eigenvalue weighted by Crippen LogP contribution is 2.15. The standard InChI is InChI=1S/C13H12O2/c1-9-5-3-4-6-11(9)13(14)12-8-7-10(2)15-12/h3-8H,1-2H3. The van der Waals surface area contributed by atoms with E-state index in [1.807, 2.05) is 38.1 Å². The molecule has 2 nitrogen and oxygen atoms in total. The lowest BCUT2D eigenvalue weighted by Gasteiger charge is -2.01. The van der Waals surface area contributed by atoms with Gasteiger partial charge in [0.05, 0.1) is 0 Å². The summed E-state index contributed by atoms with van der Waals surface area (Å²) < 4.78 is 5.31. The average Bonchev–Trinajstić information content (AvgIpc) is 2.65. The first-order valence-electron chi connectivity index (χ1n) is 4.85. The van der Waals surface area contributed by atoms with Gasteiger partial charge in [-0.15, -0.1) is 0 Å². The number of furan rings is 1. The molecule has 0 fully saturated rings. The Morgan fingerprint density at radius 1 is 1.07 bits per heavy atom. The van der Waals surface area contributed by atoms with E-state index in [-0.39, 0.29) is 5.78 Å². The van der Waals surface area contributed by atoms with Gasteiger partial charge in [0.2, 0.25) is 5.78 Å². The largest absolute Gasteiger partial charge is 0.458 e. The molecule has 0 radical (unpaired) electrons. The van der Waals surface area contributed by atoms with E-state index in [0.29, 0.717) is 11.3 Å². The first kappa shape index (κ1) is 9.71. The number of hydrogen-bond acceptors (Lipinski definition) is 2. The first-order chi connectivity index (χ1) is 7.18. The SMILES string of the molecule is Cc1ccc(C(=O)c2ccccc2C)o1. The minimum atomic E-state index is -0.0544. The smallest absolute Gasteiger partial charge is 0.228 e. The lowest BCUT2D eigenvalue weighted by molar-refractivity contribution is 0.101. The highest BCUT2D eigenvalue weighted by atomic mass is 16.3. The average molecular weight is 200 g/mol. The zero-order valence-corrected chi connectivity index (χ0v) is 8.78. The van der Waals surface area contributed by atoms with Crippen LogP contribution in [0.4, 0.5) is 0 Å². The molecule has 0 aliphatic carbocycles. The van der Waals surface area contributed by atoms with Crippen LogP contribution >= 0.6 is 0 Å². The van der Waals surface area contributed by atoms with E-state index in [4.69, 9.17) is 4.42 Å². The van der Waals surface area contributed by atoms with Gasteiger partial charge in [-0.1, -0.05) is 24.3 Å². The lowest BCUT2D eigenvalue weighted by atomic mass is 10.0. The van der Waals surface area contributed by atoms with Crippen LogP contribution in [0.1, 0.15) is 27.4 Å². The molecule has 0 saturated heterocycles. The highest BCUT2D eigenvalue weighted by Gasteiger charge is 2.14. The molecule has 0 bridgehead atoms. The molecule has 0 spiro atoms. The number of carbonyl (C=O) groups excluding carboxylic acids is 1. The fraction of sp³-hybridized carbons (Fsp3) is 0.154. The van der Waals surface area contributed by atoms with Crippen LogP contribution in [0.15, 0.2) is 40.8 Å². The van der Waals surface area contributed by atoms with Gasteiger partial charge < -0.3 is 4.42 Å². The van der Waals surface area contributed by atoms with E-state index < -0.39 is 0 Å². The molecule has 2 aromatic rings. The number of aryl methyl sites for hydroxylation is 2.